The Morgan fingerprint density at radius 3 is 2.76 bits per heavy atom. The molecule has 0 bridgehead atoms. The molecule has 2 aromatic rings. The van der Waals surface area contributed by atoms with Crippen LogP contribution in [0.3, 0.4) is 0 Å². The van der Waals surface area contributed by atoms with Crippen LogP contribution >= 0.6 is 0 Å². The number of ether oxygens (including phenoxy) is 3. The summed E-state index contributed by atoms with van der Waals surface area (Å²) in [5.74, 6) is -1.27. The molecule has 4 atom stereocenters. The van der Waals surface area contributed by atoms with E-state index in [2.05, 4.69) is 4.98 Å². The van der Waals surface area contributed by atoms with Crippen molar-refractivity contribution >= 4 is 11.9 Å². The van der Waals surface area contributed by atoms with Crippen LogP contribution in [0.5, 0.6) is 0 Å². The molecule has 1 N–H and O–H groups in total. The van der Waals surface area contributed by atoms with Gasteiger partial charge in [0.25, 0.3) is 5.56 Å². The molecule has 11 heteroatoms. The Hall–Kier alpha value is -3.34. The zero-order valence-electron chi connectivity index (χ0n) is 19.4. The summed E-state index contributed by atoms with van der Waals surface area (Å²) in [5.41, 5.74) is -1.12. The maximum absolute atomic E-state index is 15.5. The fourth-order valence-electron chi connectivity index (χ4n) is 3.63. The molecule has 2 aromatic heterocycles. The van der Waals surface area contributed by atoms with Gasteiger partial charge in [-0.1, -0.05) is 19.8 Å². The molecule has 3 rings (SSSR count). The Kier molecular flexibility index (Phi) is 8.32. The van der Waals surface area contributed by atoms with Crippen LogP contribution in [0.25, 0.3) is 0 Å². The number of aryl methyl sites for hydroxylation is 2. The maximum atomic E-state index is 15.5. The Labute approximate surface area is 195 Å². The number of rotatable bonds is 9. The summed E-state index contributed by atoms with van der Waals surface area (Å²) in [6.45, 7) is 3.10. The van der Waals surface area contributed by atoms with E-state index in [1.165, 1.54) is 25.4 Å². The van der Waals surface area contributed by atoms with E-state index in [0.717, 1.165) is 17.4 Å². The van der Waals surface area contributed by atoms with E-state index < -0.39 is 47.8 Å². The highest BCUT2D eigenvalue weighted by Gasteiger charge is 2.49. The Bertz CT molecular complexity index is 1150. The van der Waals surface area contributed by atoms with Gasteiger partial charge in [-0.3, -0.25) is 19.1 Å². The second-order valence-corrected chi connectivity index (χ2v) is 8.26. The molecule has 0 amide bonds. The number of pyridine rings is 1. The summed E-state index contributed by atoms with van der Waals surface area (Å²) in [4.78, 5) is 50.8. The molecule has 0 spiro atoms. The minimum atomic E-state index is -1.96. The third-order valence-corrected chi connectivity index (χ3v) is 5.50. The first kappa shape index (κ1) is 25.3. The number of alkyl halides is 1. The third kappa shape index (κ3) is 5.96. The van der Waals surface area contributed by atoms with Crippen LogP contribution in [-0.2, 0) is 26.1 Å². The van der Waals surface area contributed by atoms with Crippen molar-refractivity contribution < 1.29 is 32.8 Å². The molecule has 184 valence electrons. The Balaban J connectivity index is 1.82. The molecular weight excluding hydrogens is 449 g/mol. The quantitative estimate of drug-likeness (QED) is 0.327. The number of nitrogens with zero attached hydrogens (tertiary/aromatic N) is 2. The molecule has 1 fully saturated rings. The lowest BCUT2D eigenvalue weighted by Crippen LogP contribution is -2.39. The average molecular weight is 478 g/mol. The van der Waals surface area contributed by atoms with Gasteiger partial charge in [0.2, 0.25) is 0 Å². The van der Waals surface area contributed by atoms with Crippen molar-refractivity contribution in [3.8, 4) is 0 Å². The summed E-state index contributed by atoms with van der Waals surface area (Å²) < 4.78 is 34.4. The first-order chi connectivity index (χ1) is 16.2. The number of aromatic amines is 1. The first-order valence-corrected chi connectivity index (χ1v) is 11.1. The maximum Gasteiger partial charge on any atom is 0.344 e. The van der Waals surface area contributed by atoms with Crippen LogP contribution < -0.4 is 15.8 Å². The second kappa shape index (κ2) is 11.2. The predicted octanol–water partition coefficient (Wildman–Crippen LogP) is 1.25. The van der Waals surface area contributed by atoms with E-state index in [1.54, 1.807) is 23.9 Å². The van der Waals surface area contributed by atoms with E-state index in [0.29, 0.717) is 6.42 Å². The summed E-state index contributed by atoms with van der Waals surface area (Å²) in [5, 5.41) is 0. The number of unbranched alkanes of at least 4 members (excludes halogenated alkanes) is 2. The summed E-state index contributed by atoms with van der Waals surface area (Å²) in [7, 11) is 1.72. The van der Waals surface area contributed by atoms with Crippen molar-refractivity contribution in [3.05, 3.63) is 62.7 Å². The monoisotopic (exact) mass is 478 g/mol. The average Bonchev–Trinajstić information content (AvgIpc) is 3.10. The molecule has 3 heterocycles. The number of hydrogen-bond acceptors (Lipinski definition) is 7. The van der Waals surface area contributed by atoms with Gasteiger partial charge in [-0.05, 0) is 19.4 Å². The number of hydrogen-bond donors (Lipinski definition) is 1. The second-order valence-electron chi connectivity index (χ2n) is 8.26. The number of aromatic nitrogens is 3. The van der Waals surface area contributed by atoms with E-state index in [9.17, 15) is 19.2 Å². The SMILES string of the molecule is CCCCCC(=O)OC[C@H]1O[C@@H](n2cc(C)c(=O)[nH]c2=O)[C@@H](F)[C@@H]1OC(=O)c1ccc[n+](C)c1. The van der Waals surface area contributed by atoms with E-state index >= 15 is 4.39 Å². The number of carbonyl (C=O) groups excluding carboxylic acids is 2. The van der Waals surface area contributed by atoms with Crippen molar-refractivity contribution in [3.63, 3.8) is 0 Å². The first-order valence-electron chi connectivity index (χ1n) is 11.1. The van der Waals surface area contributed by atoms with Gasteiger partial charge in [-0.15, -0.1) is 0 Å². The van der Waals surface area contributed by atoms with Gasteiger partial charge >= 0.3 is 17.6 Å². The normalized spacial score (nSPS) is 21.9. The number of carbonyl (C=O) groups is 2. The number of esters is 2. The third-order valence-electron chi connectivity index (χ3n) is 5.50. The van der Waals surface area contributed by atoms with Crippen LogP contribution in [-0.4, -0.2) is 46.5 Å². The molecule has 0 radical (unpaired) electrons. The van der Waals surface area contributed by atoms with Crippen molar-refractivity contribution in [1.82, 2.24) is 9.55 Å². The smallest absolute Gasteiger partial charge is 0.344 e. The van der Waals surface area contributed by atoms with Crippen LogP contribution in [0.4, 0.5) is 4.39 Å². The van der Waals surface area contributed by atoms with Gasteiger partial charge in [0, 0.05) is 24.2 Å². The summed E-state index contributed by atoms with van der Waals surface area (Å²) >= 11 is 0. The lowest BCUT2D eigenvalue weighted by atomic mass is 10.1. The van der Waals surface area contributed by atoms with Gasteiger partial charge in [0.1, 0.15) is 25.3 Å². The predicted molar refractivity (Wildman–Crippen MR) is 117 cm³/mol. The molecular formula is C23H29FN3O7+. The minimum Gasteiger partial charge on any atom is -0.463 e. The Morgan fingerprint density at radius 2 is 2.06 bits per heavy atom. The number of nitrogens with one attached hydrogen (secondary N) is 1. The molecule has 1 aliphatic rings. The zero-order valence-corrected chi connectivity index (χ0v) is 19.4. The fraction of sp³-hybridized carbons (Fsp3) is 0.522. The van der Waals surface area contributed by atoms with E-state index in [4.69, 9.17) is 14.2 Å². The van der Waals surface area contributed by atoms with E-state index in [-0.39, 0.29) is 24.2 Å². The zero-order chi connectivity index (χ0) is 24.8. The molecule has 34 heavy (non-hydrogen) atoms. The van der Waals surface area contributed by atoms with Crippen molar-refractivity contribution in [2.24, 2.45) is 7.05 Å². The highest BCUT2D eigenvalue weighted by atomic mass is 19.1. The molecule has 10 nitrogen and oxygen atoms in total. The van der Waals surface area contributed by atoms with Crippen LogP contribution in [0.1, 0.15) is 54.8 Å². The largest absolute Gasteiger partial charge is 0.463 e. The fourth-order valence-corrected chi connectivity index (χ4v) is 3.63. The van der Waals surface area contributed by atoms with Gasteiger partial charge in [-0.2, -0.15) is 0 Å². The van der Waals surface area contributed by atoms with Crippen LogP contribution in [0, 0.1) is 6.92 Å². The molecule has 1 saturated heterocycles. The van der Waals surface area contributed by atoms with Crippen LogP contribution in [0.15, 0.2) is 40.3 Å². The molecule has 0 saturated carbocycles. The van der Waals surface area contributed by atoms with Crippen molar-refractivity contribution in [2.45, 2.75) is 64.1 Å². The molecule has 1 aliphatic heterocycles. The lowest BCUT2D eigenvalue weighted by Gasteiger charge is -2.19. The standard InChI is InChI=1S/C23H28FN3O7/c1-4-5-6-9-17(28)32-13-16-19(34-22(30)15-8-7-10-26(3)12-15)18(24)21(33-16)27-11-14(2)20(29)25-23(27)31/h7-8,10-12,16,18-19,21H,4-6,9,13H2,1-3H3/p+1/t16-,18+,19-,21-/m1/s1. The van der Waals surface area contributed by atoms with Crippen LogP contribution in [0.2, 0.25) is 0 Å². The van der Waals surface area contributed by atoms with E-state index in [1.807, 2.05) is 6.92 Å². The topological polar surface area (TPSA) is 121 Å². The lowest BCUT2D eigenvalue weighted by molar-refractivity contribution is -0.671. The molecule has 0 unspecified atom stereocenters. The molecule has 0 aliphatic carbocycles. The Morgan fingerprint density at radius 1 is 1.29 bits per heavy atom. The summed E-state index contributed by atoms with van der Waals surface area (Å²) in [6, 6.07) is 3.15. The van der Waals surface area contributed by atoms with Gasteiger partial charge < -0.3 is 14.2 Å². The highest BCUT2D eigenvalue weighted by molar-refractivity contribution is 5.88. The molecule has 0 aromatic carbocycles. The minimum absolute atomic E-state index is 0.173. The highest BCUT2D eigenvalue weighted by Crippen LogP contribution is 2.34. The summed E-state index contributed by atoms with van der Waals surface area (Å²) in [6.07, 6.45) is 1.01. The van der Waals surface area contributed by atoms with Gasteiger partial charge in [0.15, 0.2) is 30.9 Å². The number of halogens is 1. The van der Waals surface area contributed by atoms with Gasteiger partial charge in [-0.25, -0.2) is 18.5 Å². The van der Waals surface area contributed by atoms with Crippen molar-refractivity contribution in [2.75, 3.05) is 6.61 Å². The van der Waals surface area contributed by atoms with Crippen molar-refractivity contribution in [1.29, 1.82) is 0 Å². The number of H-pyrrole nitrogens is 1. The van der Waals surface area contributed by atoms with Gasteiger partial charge in [0.05, 0.1) is 0 Å².